The third kappa shape index (κ3) is 10.3. The number of sulfonamides is 1. The van der Waals surface area contributed by atoms with E-state index in [1.54, 1.807) is 0 Å². The summed E-state index contributed by atoms with van der Waals surface area (Å²) in [5.74, 6) is -5.03. The van der Waals surface area contributed by atoms with Crippen LogP contribution in [0.2, 0.25) is 0 Å². The number of hydrogen-bond donors (Lipinski definition) is 3. The monoisotopic (exact) mass is 728 g/mol. The molecule has 4 N–H and O–H groups in total. The van der Waals surface area contributed by atoms with E-state index in [2.05, 4.69) is 21.9 Å². The molecular formula is C32H37F5N6O6S. The Kier molecular flexibility index (Phi) is 12.8. The summed E-state index contributed by atoms with van der Waals surface area (Å²) in [6.45, 7) is 3.70. The van der Waals surface area contributed by atoms with E-state index in [1.165, 1.54) is 62.3 Å². The first-order valence-electron chi connectivity index (χ1n) is 15.0. The van der Waals surface area contributed by atoms with Crippen molar-refractivity contribution in [3.05, 3.63) is 95.9 Å². The van der Waals surface area contributed by atoms with Gasteiger partial charge in [-0.25, -0.2) is 22.0 Å². The van der Waals surface area contributed by atoms with E-state index in [1.807, 2.05) is 0 Å². The third-order valence-electron chi connectivity index (χ3n) is 7.41. The van der Waals surface area contributed by atoms with Crippen molar-refractivity contribution in [2.45, 2.75) is 43.1 Å². The molecule has 3 rings (SSSR count). The third-order valence-corrected chi connectivity index (χ3v) is 9.33. The van der Waals surface area contributed by atoms with Gasteiger partial charge < -0.3 is 30.9 Å². The molecule has 1 saturated heterocycles. The second-order valence-electron chi connectivity index (χ2n) is 11.2. The number of rotatable bonds is 12. The molecule has 0 aromatic heterocycles. The van der Waals surface area contributed by atoms with Crippen LogP contribution in [0.1, 0.15) is 24.5 Å². The Morgan fingerprint density at radius 1 is 1.04 bits per heavy atom. The van der Waals surface area contributed by atoms with E-state index in [-0.39, 0.29) is 29.9 Å². The highest BCUT2D eigenvalue weighted by Crippen LogP contribution is 2.31. The van der Waals surface area contributed by atoms with E-state index in [0.29, 0.717) is 5.56 Å². The Morgan fingerprint density at radius 2 is 1.66 bits per heavy atom. The van der Waals surface area contributed by atoms with Crippen molar-refractivity contribution in [3.8, 4) is 5.75 Å². The standard InChI is InChI=1S/C32H37F5N6O6S/c1-5-31(33,34)23-8-6-22(7-9-23)19-39-28(44)27-20-42(30(46)40-24(14-15-38)18-21(2)29(45)41(3)4)16-17-43(27)50(47,48)26-12-10-25(11-13-26)49-32(35,36)37/h6-15,18,27H,2,5,16-17,19-20,38H2,1,3-4H3,(H,39,44)(H,40,46)/b15-14-,24-18+/t27-/m1/s1. The Morgan fingerprint density at radius 3 is 2.20 bits per heavy atom. The van der Waals surface area contributed by atoms with Crippen LogP contribution >= 0.6 is 0 Å². The minimum Gasteiger partial charge on any atom is -0.406 e. The molecular weight excluding hydrogens is 691 g/mol. The summed E-state index contributed by atoms with van der Waals surface area (Å²) in [5, 5.41) is 5.12. The van der Waals surface area contributed by atoms with Gasteiger partial charge in [0.25, 0.3) is 11.8 Å². The van der Waals surface area contributed by atoms with Gasteiger partial charge in [0, 0.05) is 63.5 Å². The predicted molar refractivity (Wildman–Crippen MR) is 173 cm³/mol. The summed E-state index contributed by atoms with van der Waals surface area (Å²) < 4.78 is 98.1. The molecule has 12 nitrogen and oxygen atoms in total. The number of carbonyl (C=O) groups excluding carboxylic acids is 3. The lowest BCUT2D eigenvalue weighted by Gasteiger charge is -2.39. The molecule has 0 aliphatic carbocycles. The number of benzene rings is 2. The van der Waals surface area contributed by atoms with Crippen LogP contribution in [0.25, 0.3) is 0 Å². The number of ether oxygens (including phenoxy) is 1. The van der Waals surface area contributed by atoms with Crippen molar-refractivity contribution >= 4 is 27.9 Å². The number of likely N-dealkylation sites (N-methyl/N-ethyl adjacent to an activating group) is 1. The Bertz CT molecular complexity index is 1730. The van der Waals surface area contributed by atoms with Crippen LogP contribution < -0.4 is 21.1 Å². The largest absolute Gasteiger partial charge is 0.573 e. The molecule has 1 heterocycles. The second-order valence-corrected chi connectivity index (χ2v) is 13.1. The summed E-state index contributed by atoms with van der Waals surface area (Å²) in [5.41, 5.74) is 5.77. The highest BCUT2D eigenvalue weighted by Gasteiger charge is 2.42. The van der Waals surface area contributed by atoms with Crippen LogP contribution in [0.15, 0.2) is 89.6 Å². The normalized spacial score (nSPS) is 16.2. The average molecular weight is 729 g/mol. The molecule has 1 fully saturated rings. The van der Waals surface area contributed by atoms with Gasteiger partial charge >= 0.3 is 12.4 Å². The van der Waals surface area contributed by atoms with E-state index < -0.39 is 76.4 Å². The fraction of sp³-hybridized carbons (Fsp3) is 0.344. The SMILES string of the molecule is C=C(/C=C(\C=C/N)NC(=O)N1CCN(S(=O)(=O)c2ccc(OC(F)(F)F)cc2)[C@@H](C(=O)NCc2ccc(C(F)(F)CC)cc2)C1)C(=O)N(C)C. The van der Waals surface area contributed by atoms with Gasteiger partial charge in [0.05, 0.1) is 4.90 Å². The van der Waals surface area contributed by atoms with Gasteiger partial charge in [0.1, 0.15) is 11.8 Å². The fourth-order valence-electron chi connectivity index (χ4n) is 4.75. The van der Waals surface area contributed by atoms with E-state index >= 15 is 0 Å². The first kappa shape index (κ1) is 39.5. The highest BCUT2D eigenvalue weighted by atomic mass is 32.2. The van der Waals surface area contributed by atoms with Crippen molar-refractivity contribution in [2.75, 3.05) is 33.7 Å². The lowest BCUT2D eigenvalue weighted by molar-refractivity contribution is -0.274. The molecule has 1 aliphatic rings. The van der Waals surface area contributed by atoms with Crippen molar-refractivity contribution in [2.24, 2.45) is 5.73 Å². The van der Waals surface area contributed by atoms with Gasteiger partial charge in [0.2, 0.25) is 15.9 Å². The molecule has 2 aromatic carbocycles. The zero-order valence-electron chi connectivity index (χ0n) is 27.3. The van der Waals surface area contributed by atoms with Crippen LogP contribution in [0.4, 0.5) is 26.7 Å². The lowest BCUT2D eigenvalue weighted by atomic mass is 10.0. The summed E-state index contributed by atoms with van der Waals surface area (Å²) in [4.78, 5) is 41.1. The quantitative estimate of drug-likeness (QED) is 0.171. The predicted octanol–water partition coefficient (Wildman–Crippen LogP) is 3.79. The average Bonchev–Trinajstić information content (AvgIpc) is 3.06. The maximum atomic E-state index is 14.1. The van der Waals surface area contributed by atoms with E-state index in [0.717, 1.165) is 39.7 Å². The maximum absolute atomic E-state index is 14.1. The second kappa shape index (κ2) is 16.2. The molecule has 0 unspecified atom stereocenters. The Hall–Kier alpha value is -4.97. The van der Waals surface area contributed by atoms with E-state index in [9.17, 15) is 44.8 Å². The molecule has 1 atom stereocenters. The number of urea groups is 1. The highest BCUT2D eigenvalue weighted by molar-refractivity contribution is 7.89. The van der Waals surface area contributed by atoms with Gasteiger partial charge in [-0.3, -0.25) is 9.59 Å². The van der Waals surface area contributed by atoms with Gasteiger partial charge in [-0.05, 0) is 48.2 Å². The number of piperazine rings is 1. The van der Waals surface area contributed by atoms with E-state index in [4.69, 9.17) is 5.73 Å². The minimum atomic E-state index is -5.01. The topological polar surface area (TPSA) is 154 Å². The van der Waals surface area contributed by atoms with Crippen molar-refractivity contribution in [3.63, 3.8) is 0 Å². The lowest BCUT2D eigenvalue weighted by Crippen LogP contribution is -2.62. The number of nitrogens with two attached hydrogens (primary N) is 1. The number of alkyl halides is 5. The molecule has 18 heteroatoms. The molecule has 272 valence electrons. The summed E-state index contributed by atoms with van der Waals surface area (Å²) in [7, 11) is -1.53. The minimum absolute atomic E-state index is 0.00895. The van der Waals surface area contributed by atoms with Crippen molar-refractivity contribution < 1.29 is 49.5 Å². The molecule has 4 amide bonds. The molecule has 0 radical (unpaired) electrons. The number of allylic oxidation sites excluding steroid dienone is 1. The first-order valence-corrected chi connectivity index (χ1v) is 16.4. The zero-order valence-corrected chi connectivity index (χ0v) is 28.2. The fourth-order valence-corrected chi connectivity index (χ4v) is 6.32. The molecule has 0 bridgehead atoms. The van der Waals surface area contributed by atoms with Crippen molar-refractivity contribution in [1.82, 2.24) is 24.7 Å². The number of amides is 4. The van der Waals surface area contributed by atoms with Gasteiger partial charge in [0.15, 0.2) is 0 Å². The van der Waals surface area contributed by atoms with Crippen LogP contribution in [-0.2, 0) is 32.1 Å². The van der Waals surface area contributed by atoms with Crippen LogP contribution in [0.5, 0.6) is 5.75 Å². The van der Waals surface area contributed by atoms with Gasteiger partial charge in [-0.2, -0.15) is 4.31 Å². The summed E-state index contributed by atoms with van der Waals surface area (Å²) in [6, 6.07) is 6.24. The molecule has 0 spiro atoms. The molecule has 2 aromatic rings. The molecule has 50 heavy (non-hydrogen) atoms. The van der Waals surface area contributed by atoms with Gasteiger partial charge in [-0.15, -0.1) is 13.2 Å². The number of nitrogens with one attached hydrogen (secondary N) is 2. The van der Waals surface area contributed by atoms with Crippen LogP contribution in [-0.4, -0.2) is 86.5 Å². The number of carbonyl (C=O) groups is 3. The van der Waals surface area contributed by atoms with Crippen LogP contribution in [0.3, 0.4) is 0 Å². The first-order chi connectivity index (χ1) is 23.3. The molecule has 0 saturated carbocycles. The molecule has 1 aliphatic heterocycles. The van der Waals surface area contributed by atoms with Crippen molar-refractivity contribution in [1.29, 1.82) is 0 Å². The maximum Gasteiger partial charge on any atom is 0.573 e. The smallest absolute Gasteiger partial charge is 0.406 e. The number of halogens is 5. The summed E-state index contributed by atoms with van der Waals surface area (Å²) in [6.07, 6.45) is -1.78. The van der Waals surface area contributed by atoms with Gasteiger partial charge in [-0.1, -0.05) is 37.8 Å². The summed E-state index contributed by atoms with van der Waals surface area (Å²) >= 11 is 0. The zero-order chi connectivity index (χ0) is 37.4. The number of hydrogen-bond acceptors (Lipinski definition) is 7. The van der Waals surface area contributed by atoms with Crippen LogP contribution in [0, 0.1) is 0 Å². The number of nitrogens with zero attached hydrogens (tertiary/aromatic N) is 3. The Balaban J connectivity index is 1.89. The Labute approximate surface area is 286 Å².